The van der Waals surface area contributed by atoms with Gasteiger partial charge < -0.3 is 15.8 Å². The van der Waals surface area contributed by atoms with Gasteiger partial charge in [0.2, 0.25) is 5.91 Å². The van der Waals surface area contributed by atoms with Crippen LogP contribution < -0.4 is 11.1 Å². The van der Waals surface area contributed by atoms with Crippen LogP contribution in [0.4, 0.5) is 0 Å². The van der Waals surface area contributed by atoms with Gasteiger partial charge in [-0.05, 0) is 26.7 Å². The summed E-state index contributed by atoms with van der Waals surface area (Å²) in [6.07, 6.45) is 2.79. The molecule has 5 nitrogen and oxygen atoms in total. The lowest BCUT2D eigenvalue weighted by Crippen LogP contribution is -2.54. The van der Waals surface area contributed by atoms with Crippen molar-refractivity contribution in [3.05, 3.63) is 0 Å². The van der Waals surface area contributed by atoms with Crippen molar-refractivity contribution in [3.63, 3.8) is 0 Å². The predicted octanol–water partition coefficient (Wildman–Crippen LogP) is -0.298. The zero-order chi connectivity index (χ0) is 12.4. The van der Waals surface area contributed by atoms with E-state index in [0.717, 1.165) is 13.1 Å². The second-order valence-corrected chi connectivity index (χ2v) is 5.37. The van der Waals surface area contributed by atoms with Crippen LogP contribution in [0.1, 0.15) is 26.7 Å². The molecule has 0 spiro atoms. The number of nitrogens with one attached hydrogen (secondary N) is 1. The van der Waals surface area contributed by atoms with Gasteiger partial charge in [0.15, 0.2) is 0 Å². The molecule has 0 aromatic heterocycles. The Morgan fingerprint density at radius 2 is 2.00 bits per heavy atom. The van der Waals surface area contributed by atoms with Gasteiger partial charge in [0.1, 0.15) is 0 Å². The molecule has 2 aliphatic rings. The smallest absolute Gasteiger partial charge is 0.235 e. The second kappa shape index (κ2) is 5.33. The highest BCUT2D eigenvalue weighted by molar-refractivity contribution is 5.80. The Balaban J connectivity index is 1.85. The molecular formula is C12H23N3O2. The fourth-order valence-electron chi connectivity index (χ4n) is 2.45. The third-order valence-electron chi connectivity index (χ3n) is 3.29. The highest BCUT2D eigenvalue weighted by Gasteiger charge is 2.30. The summed E-state index contributed by atoms with van der Waals surface area (Å²) in [4.78, 5) is 13.7. The summed E-state index contributed by atoms with van der Waals surface area (Å²) in [7, 11) is 0. The molecule has 1 heterocycles. The Labute approximate surface area is 103 Å². The minimum absolute atomic E-state index is 0.222. The lowest BCUT2D eigenvalue weighted by molar-refractivity contribution is -0.122. The molecule has 0 aromatic rings. The first-order chi connectivity index (χ1) is 8.04. The number of morpholine rings is 1. The molecule has 1 saturated carbocycles. The van der Waals surface area contributed by atoms with E-state index in [-0.39, 0.29) is 24.2 Å². The molecule has 1 saturated heterocycles. The van der Waals surface area contributed by atoms with Crippen LogP contribution >= 0.6 is 0 Å². The molecule has 0 bridgehead atoms. The van der Waals surface area contributed by atoms with E-state index in [1.165, 1.54) is 12.8 Å². The van der Waals surface area contributed by atoms with E-state index in [0.29, 0.717) is 12.6 Å². The summed E-state index contributed by atoms with van der Waals surface area (Å²) >= 11 is 0. The molecule has 3 N–H and O–H groups in total. The van der Waals surface area contributed by atoms with Crippen molar-refractivity contribution < 1.29 is 9.53 Å². The Bertz CT molecular complexity index is 271. The molecule has 5 heteroatoms. The van der Waals surface area contributed by atoms with Crippen LogP contribution in [0, 0.1) is 0 Å². The van der Waals surface area contributed by atoms with E-state index in [2.05, 4.69) is 24.1 Å². The molecule has 3 unspecified atom stereocenters. The third-order valence-corrected chi connectivity index (χ3v) is 3.29. The lowest BCUT2D eigenvalue weighted by Gasteiger charge is -2.36. The van der Waals surface area contributed by atoms with Crippen molar-refractivity contribution in [2.75, 3.05) is 19.6 Å². The molecule has 98 valence electrons. The van der Waals surface area contributed by atoms with E-state index in [4.69, 9.17) is 10.5 Å². The van der Waals surface area contributed by atoms with Gasteiger partial charge in [-0.15, -0.1) is 0 Å². The maximum Gasteiger partial charge on any atom is 0.235 e. The molecule has 2 fully saturated rings. The standard InChI is InChI=1S/C12H23N3O2/c1-8-5-15(6-9(2)17-8)7-11(12(13)16)14-10-3-4-10/h8-11,14H,3-7H2,1-2H3,(H2,13,16). The van der Waals surface area contributed by atoms with Crippen molar-refractivity contribution in [1.82, 2.24) is 10.2 Å². The van der Waals surface area contributed by atoms with Crippen molar-refractivity contribution in [2.45, 2.75) is 51.0 Å². The SMILES string of the molecule is CC1CN(CC(NC2CC2)C(N)=O)CC(C)O1. The highest BCUT2D eigenvalue weighted by Crippen LogP contribution is 2.20. The van der Waals surface area contributed by atoms with Crippen LogP contribution in [0.5, 0.6) is 0 Å². The normalized spacial score (nSPS) is 32.4. The monoisotopic (exact) mass is 241 g/mol. The van der Waals surface area contributed by atoms with Crippen molar-refractivity contribution in [3.8, 4) is 0 Å². The second-order valence-electron chi connectivity index (χ2n) is 5.37. The number of nitrogens with two attached hydrogens (primary N) is 1. The van der Waals surface area contributed by atoms with Gasteiger partial charge in [-0.25, -0.2) is 0 Å². The number of ether oxygens (including phenoxy) is 1. The number of hydrogen-bond acceptors (Lipinski definition) is 4. The van der Waals surface area contributed by atoms with Gasteiger partial charge in [0, 0.05) is 25.7 Å². The van der Waals surface area contributed by atoms with Crippen LogP contribution in [-0.2, 0) is 9.53 Å². The molecule has 0 radical (unpaired) electrons. The van der Waals surface area contributed by atoms with E-state index >= 15 is 0 Å². The number of amides is 1. The number of rotatable bonds is 5. The first-order valence-corrected chi connectivity index (χ1v) is 6.47. The van der Waals surface area contributed by atoms with Crippen LogP contribution in [0.3, 0.4) is 0 Å². The molecule has 2 rings (SSSR count). The fourth-order valence-corrected chi connectivity index (χ4v) is 2.45. The van der Waals surface area contributed by atoms with Crippen LogP contribution in [0.2, 0.25) is 0 Å². The summed E-state index contributed by atoms with van der Waals surface area (Å²) in [6.45, 7) is 6.58. The van der Waals surface area contributed by atoms with E-state index in [1.807, 2.05) is 0 Å². The average molecular weight is 241 g/mol. The number of carbonyl (C=O) groups excluding carboxylic acids is 1. The first-order valence-electron chi connectivity index (χ1n) is 6.47. The fraction of sp³-hybridized carbons (Fsp3) is 0.917. The minimum atomic E-state index is -0.247. The van der Waals surface area contributed by atoms with Gasteiger partial charge in [0.05, 0.1) is 18.2 Å². The third kappa shape index (κ3) is 3.94. The number of primary amides is 1. The summed E-state index contributed by atoms with van der Waals surface area (Å²) in [5.41, 5.74) is 5.44. The topological polar surface area (TPSA) is 67.6 Å². The maximum absolute atomic E-state index is 11.4. The van der Waals surface area contributed by atoms with Crippen molar-refractivity contribution in [1.29, 1.82) is 0 Å². The zero-order valence-corrected chi connectivity index (χ0v) is 10.7. The van der Waals surface area contributed by atoms with Crippen LogP contribution in [0.15, 0.2) is 0 Å². The molecular weight excluding hydrogens is 218 g/mol. The predicted molar refractivity (Wildman–Crippen MR) is 65.6 cm³/mol. The first kappa shape index (κ1) is 12.8. The molecule has 1 amide bonds. The minimum Gasteiger partial charge on any atom is -0.373 e. The lowest BCUT2D eigenvalue weighted by atomic mass is 10.2. The molecule has 1 aliphatic carbocycles. The molecule has 17 heavy (non-hydrogen) atoms. The van der Waals surface area contributed by atoms with Crippen LogP contribution in [-0.4, -0.2) is 54.7 Å². The molecule has 3 atom stereocenters. The van der Waals surface area contributed by atoms with Gasteiger partial charge in [0.25, 0.3) is 0 Å². The summed E-state index contributed by atoms with van der Waals surface area (Å²) < 4.78 is 5.67. The largest absolute Gasteiger partial charge is 0.373 e. The molecule has 0 aromatic carbocycles. The highest BCUT2D eigenvalue weighted by atomic mass is 16.5. The molecule has 1 aliphatic heterocycles. The van der Waals surface area contributed by atoms with Crippen LogP contribution in [0.25, 0.3) is 0 Å². The average Bonchev–Trinajstić information content (AvgIpc) is 2.98. The maximum atomic E-state index is 11.4. The summed E-state index contributed by atoms with van der Waals surface area (Å²) in [5, 5.41) is 3.31. The quantitative estimate of drug-likeness (QED) is 0.693. The van der Waals surface area contributed by atoms with Gasteiger partial charge in [-0.3, -0.25) is 9.69 Å². The number of carbonyl (C=O) groups is 1. The zero-order valence-electron chi connectivity index (χ0n) is 10.7. The Hall–Kier alpha value is -0.650. The Morgan fingerprint density at radius 3 is 2.47 bits per heavy atom. The Morgan fingerprint density at radius 1 is 1.41 bits per heavy atom. The van der Waals surface area contributed by atoms with Crippen molar-refractivity contribution in [2.24, 2.45) is 5.73 Å². The number of nitrogens with zero attached hydrogens (tertiary/aromatic N) is 1. The van der Waals surface area contributed by atoms with Gasteiger partial charge in [-0.2, -0.15) is 0 Å². The summed E-state index contributed by atoms with van der Waals surface area (Å²) in [6, 6.07) is 0.281. The van der Waals surface area contributed by atoms with Crippen molar-refractivity contribution >= 4 is 5.91 Å². The Kier molecular flexibility index (Phi) is 4.01. The van der Waals surface area contributed by atoms with E-state index in [1.54, 1.807) is 0 Å². The number of hydrogen-bond donors (Lipinski definition) is 2. The van der Waals surface area contributed by atoms with E-state index in [9.17, 15) is 4.79 Å². The van der Waals surface area contributed by atoms with E-state index < -0.39 is 0 Å². The van der Waals surface area contributed by atoms with Gasteiger partial charge in [-0.1, -0.05) is 0 Å². The summed E-state index contributed by atoms with van der Waals surface area (Å²) in [5.74, 6) is -0.247. The van der Waals surface area contributed by atoms with Gasteiger partial charge >= 0.3 is 0 Å².